The molecule has 0 aliphatic heterocycles. The maximum atomic E-state index is 5.74. The van der Waals surface area contributed by atoms with Crippen molar-refractivity contribution < 1.29 is 4.74 Å². The Morgan fingerprint density at radius 1 is 1.16 bits per heavy atom. The van der Waals surface area contributed by atoms with E-state index < -0.39 is 0 Å². The van der Waals surface area contributed by atoms with Gasteiger partial charge in [0.2, 0.25) is 0 Å². The average molecular weight is 336 g/mol. The van der Waals surface area contributed by atoms with Gasteiger partial charge in [0.25, 0.3) is 0 Å². The van der Waals surface area contributed by atoms with E-state index in [4.69, 9.17) is 22.7 Å². The first kappa shape index (κ1) is 14.0. The SMILES string of the molecule is NC(=S)c1ccc(OCCc2ccccc2)c(Br)c1. The molecule has 0 aromatic heterocycles. The highest BCUT2D eigenvalue weighted by Gasteiger charge is 2.04. The predicted molar refractivity (Wildman–Crippen MR) is 85.7 cm³/mol. The van der Waals surface area contributed by atoms with E-state index in [2.05, 4.69) is 28.1 Å². The lowest BCUT2D eigenvalue weighted by Crippen LogP contribution is -2.09. The Kier molecular flexibility index (Phi) is 4.93. The minimum absolute atomic E-state index is 0.386. The zero-order valence-electron chi connectivity index (χ0n) is 10.3. The first-order chi connectivity index (χ1) is 9.16. The molecule has 2 aromatic rings. The van der Waals surface area contributed by atoms with Crippen LogP contribution in [-0.4, -0.2) is 11.6 Å². The molecule has 98 valence electrons. The van der Waals surface area contributed by atoms with Gasteiger partial charge in [-0.1, -0.05) is 42.5 Å². The second-order valence-electron chi connectivity index (χ2n) is 4.09. The van der Waals surface area contributed by atoms with Crippen molar-refractivity contribution in [1.29, 1.82) is 0 Å². The van der Waals surface area contributed by atoms with E-state index in [1.54, 1.807) is 0 Å². The number of hydrogen-bond acceptors (Lipinski definition) is 2. The zero-order chi connectivity index (χ0) is 13.7. The average Bonchev–Trinajstić information content (AvgIpc) is 2.41. The Morgan fingerprint density at radius 3 is 2.53 bits per heavy atom. The highest BCUT2D eigenvalue weighted by Crippen LogP contribution is 2.26. The van der Waals surface area contributed by atoms with Gasteiger partial charge in [-0.2, -0.15) is 0 Å². The van der Waals surface area contributed by atoms with Crippen molar-refractivity contribution in [2.75, 3.05) is 6.61 Å². The molecule has 0 saturated carbocycles. The van der Waals surface area contributed by atoms with E-state index in [-0.39, 0.29) is 0 Å². The molecule has 2 N–H and O–H groups in total. The van der Waals surface area contributed by atoms with Crippen molar-refractivity contribution >= 4 is 33.1 Å². The summed E-state index contributed by atoms with van der Waals surface area (Å²) in [5.74, 6) is 0.802. The summed E-state index contributed by atoms with van der Waals surface area (Å²) in [6.45, 7) is 0.634. The van der Waals surface area contributed by atoms with Crippen LogP contribution in [0.1, 0.15) is 11.1 Å². The van der Waals surface area contributed by atoms with E-state index in [1.807, 2.05) is 36.4 Å². The molecule has 0 heterocycles. The molecule has 0 spiro atoms. The van der Waals surface area contributed by atoms with Crippen LogP contribution in [0.3, 0.4) is 0 Å². The predicted octanol–water partition coefficient (Wildman–Crippen LogP) is 3.70. The quantitative estimate of drug-likeness (QED) is 0.846. The van der Waals surface area contributed by atoms with Crippen LogP contribution in [0.5, 0.6) is 5.75 Å². The van der Waals surface area contributed by atoms with E-state index >= 15 is 0 Å². The van der Waals surface area contributed by atoms with Gasteiger partial charge in [0, 0.05) is 12.0 Å². The first-order valence-corrected chi connectivity index (χ1v) is 7.13. The molecule has 4 heteroatoms. The van der Waals surface area contributed by atoms with Gasteiger partial charge in [0.05, 0.1) is 11.1 Å². The first-order valence-electron chi connectivity index (χ1n) is 5.93. The number of benzene rings is 2. The third-order valence-corrected chi connectivity index (χ3v) is 3.56. The largest absolute Gasteiger partial charge is 0.492 e. The molecule has 0 unspecified atom stereocenters. The van der Waals surface area contributed by atoms with E-state index in [0.717, 1.165) is 22.2 Å². The molecule has 0 saturated heterocycles. The number of ether oxygens (including phenoxy) is 1. The molecule has 0 fully saturated rings. The number of halogens is 1. The fourth-order valence-corrected chi connectivity index (χ4v) is 2.31. The third kappa shape index (κ3) is 4.04. The minimum atomic E-state index is 0.386. The van der Waals surface area contributed by atoms with Crippen LogP contribution in [0.25, 0.3) is 0 Å². The number of thiocarbonyl (C=S) groups is 1. The van der Waals surface area contributed by atoms with Crippen LogP contribution in [0, 0.1) is 0 Å². The highest BCUT2D eigenvalue weighted by atomic mass is 79.9. The third-order valence-electron chi connectivity index (χ3n) is 2.71. The lowest BCUT2D eigenvalue weighted by Gasteiger charge is -2.09. The van der Waals surface area contributed by atoms with Gasteiger partial charge in [-0.25, -0.2) is 0 Å². The van der Waals surface area contributed by atoms with E-state index in [0.29, 0.717) is 11.6 Å². The van der Waals surface area contributed by atoms with Gasteiger partial charge in [-0.3, -0.25) is 0 Å². The Bertz CT molecular complexity index is 572. The van der Waals surface area contributed by atoms with Crippen molar-refractivity contribution in [3.63, 3.8) is 0 Å². The molecule has 2 nitrogen and oxygen atoms in total. The lowest BCUT2D eigenvalue weighted by molar-refractivity contribution is 0.320. The molecule has 0 radical (unpaired) electrons. The van der Waals surface area contributed by atoms with Crippen LogP contribution < -0.4 is 10.5 Å². The molecule has 0 aliphatic rings. The van der Waals surface area contributed by atoms with Gasteiger partial charge in [0.1, 0.15) is 10.7 Å². The van der Waals surface area contributed by atoms with E-state index in [9.17, 15) is 0 Å². The van der Waals surface area contributed by atoms with E-state index in [1.165, 1.54) is 5.56 Å². The van der Waals surface area contributed by atoms with Crippen LogP contribution >= 0.6 is 28.1 Å². The smallest absolute Gasteiger partial charge is 0.133 e. The van der Waals surface area contributed by atoms with Crippen molar-refractivity contribution in [1.82, 2.24) is 0 Å². The molecule has 0 atom stereocenters. The summed E-state index contributed by atoms with van der Waals surface area (Å²) in [4.78, 5) is 0.386. The molecular formula is C15H14BrNOS. The monoisotopic (exact) mass is 335 g/mol. The van der Waals surface area contributed by atoms with Gasteiger partial charge < -0.3 is 10.5 Å². The van der Waals surface area contributed by atoms with Crippen molar-refractivity contribution in [2.45, 2.75) is 6.42 Å². The molecule has 2 aromatic carbocycles. The molecule has 0 aliphatic carbocycles. The summed E-state index contributed by atoms with van der Waals surface area (Å²) < 4.78 is 6.61. The Labute approximate surface area is 126 Å². The Balaban J connectivity index is 1.95. The topological polar surface area (TPSA) is 35.2 Å². The second-order valence-corrected chi connectivity index (χ2v) is 5.39. The van der Waals surface area contributed by atoms with Crippen LogP contribution in [0.15, 0.2) is 53.0 Å². The van der Waals surface area contributed by atoms with Crippen molar-refractivity contribution in [3.05, 3.63) is 64.1 Å². The molecular weight excluding hydrogens is 322 g/mol. The van der Waals surface area contributed by atoms with Gasteiger partial charge >= 0.3 is 0 Å². The second kappa shape index (κ2) is 6.68. The maximum Gasteiger partial charge on any atom is 0.133 e. The standard InChI is InChI=1S/C15H14BrNOS/c16-13-10-12(15(17)19)6-7-14(13)18-9-8-11-4-2-1-3-5-11/h1-7,10H,8-9H2,(H2,17,19). The zero-order valence-corrected chi connectivity index (χ0v) is 12.7. The maximum absolute atomic E-state index is 5.74. The normalized spacial score (nSPS) is 10.2. The van der Waals surface area contributed by atoms with Gasteiger partial charge in [-0.05, 0) is 39.7 Å². The van der Waals surface area contributed by atoms with Crippen LogP contribution in [0.2, 0.25) is 0 Å². The summed E-state index contributed by atoms with van der Waals surface area (Å²) in [6, 6.07) is 15.9. The van der Waals surface area contributed by atoms with Crippen molar-refractivity contribution in [2.24, 2.45) is 5.73 Å². The number of rotatable bonds is 5. The molecule has 19 heavy (non-hydrogen) atoms. The minimum Gasteiger partial charge on any atom is -0.492 e. The number of hydrogen-bond donors (Lipinski definition) is 1. The Morgan fingerprint density at radius 2 is 1.89 bits per heavy atom. The highest BCUT2D eigenvalue weighted by molar-refractivity contribution is 9.10. The summed E-state index contributed by atoms with van der Waals surface area (Å²) in [7, 11) is 0. The fraction of sp³-hybridized carbons (Fsp3) is 0.133. The summed E-state index contributed by atoms with van der Waals surface area (Å²) in [5.41, 5.74) is 7.67. The van der Waals surface area contributed by atoms with Crippen LogP contribution in [-0.2, 0) is 6.42 Å². The number of nitrogens with two attached hydrogens (primary N) is 1. The summed E-state index contributed by atoms with van der Waals surface area (Å²) in [6.07, 6.45) is 0.879. The van der Waals surface area contributed by atoms with Gasteiger partial charge in [-0.15, -0.1) is 0 Å². The van der Waals surface area contributed by atoms with Crippen molar-refractivity contribution in [3.8, 4) is 5.75 Å². The fourth-order valence-electron chi connectivity index (χ4n) is 1.69. The van der Waals surface area contributed by atoms with Gasteiger partial charge in [0.15, 0.2) is 0 Å². The molecule has 0 amide bonds. The van der Waals surface area contributed by atoms with Crippen LogP contribution in [0.4, 0.5) is 0 Å². The summed E-state index contributed by atoms with van der Waals surface area (Å²) >= 11 is 8.39. The lowest BCUT2D eigenvalue weighted by atomic mass is 10.2. The summed E-state index contributed by atoms with van der Waals surface area (Å²) in [5, 5.41) is 0. The Hall–Kier alpha value is -1.39. The molecule has 0 bridgehead atoms. The molecule has 2 rings (SSSR count).